The lowest BCUT2D eigenvalue weighted by molar-refractivity contribution is 0.955. The zero-order valence-electron chi connectivity index (χ0n) is 10.1. The number of aromatic nitrogens is 2. The Morgan fingerprint density at radius 3 is 2.76 bits per heavy atom. The monoisotopic (exact) mass is 228 g/mol. The lowest BCUT2D eigenvalue weighted by Crippen LogP contribution is -2.03. The molecule has 1 aromatic carbocycles. The Balaban J connectivity index is 2.05. The number of rotatable bonds is 3. The van der Waals surface area contributed by atoms with E-state index in [9.17, 15) is 0 Å². The molecule has 0 saturated carbocycles. The van der Waals surface area contributed by atoms with Gasteiger partial charge in [-0.3, -0.25) is 0 Å². The molecule has 0 bridgehead atoms. The van der Waals surface area contributed by atoms with Crippen molar-refractivity contribution in [3.8, 4) is 0 Å². The molecule has 88 valence electrons. The smallest absolute Gasteiger partial charge is 0.125 e. The van der Waals surface area contributed by atoms with E-state index in [1.54, 1.807) is 6.20 Å². The predicted molar refractivity (Wildman–Crippen MR) is 69.7 cm³/mol. The third kappa shape index (κ3) is 2.93. The largest absolute Gasteiger partial charge is 0.399 e. The molecule has 3 N–H and O–H groups in total. The predicted octanol–water partition coefficient (Wildman–Crippen LogP) is 2.29. The number of nitrogens with two attached hydrogens (primary N) is 1. The van der Waals surface area contributed by atoms with Crippen molar-refractivity contribution in [3.63, 3.8) is 0 Å². The highest BCUT2D eigenvalue weighted by Gasteiger charge is 1.98. The minimum absolute atomic E-state index is 0.687. The Morgan fingerprint density at radius 1 is 1.24 bits per heavy atom. The molecule has 4 heteroatoms. The summed E-state index contributed by atoms with van der Waals surface area (Å²) in [5, 5.41) is 3.31. The summed E-state index contributed by atoms with van der Waals surface area (Å²) in [6, 6.07) is 7.81. The van der Waals surface area contributed by atoms with Crippen LogP contribution in [0.2, 0.25) is 0 Å². The Labute approximate surface area is 101 Å². The summed E-state index contributed by atoms with van der Waals surface area (Å²) in [6.07, 6.45) is 1.77. The van der Waals surface area contributed by atoms with Gasteiger partial charge >= 0.3 is 0 Å². The summed E-state index contributed by atoms with van der Waals surface area (Å²) < 4.78 is 0. The molecule has 0 aliphatic carbocycles. The highest BCUT2D eigenvalue weighted by molar-refractivity contribution is 5.56. The molecular weight excluding hydrogens is 212 g/mol. The third-order valence-electron chi connectivity index (χ3n) is 2.58. The number of nitrogens with one attached hydrogen (secondary N) is 1. The number of benzene rings is 1. The standard InChI is InChI=1S/C13H16N4/c1-9-7-11(3-4-13(9)14)16-8-12-5-6-15-10(2)17-12/h3-7,16H,8,14H2,1-2H3. The number of hydrogen-bond donors (Lipinski definition) is 2. The highest BCUT2D eigenvalue weighted by Crippen LogP contribution is 2.16. The highest BCUT2D eigenvalue weighted by atomic mass is 14.9. The van der Waals surface area contributed by atoms with Crippen LogP contribution in [0.4, 0.5) is 11.4 Å². The van der Waals surface area contributed by atoms with Gasteiger partial charge in [0.1, 0.15) is 5.82 Å². The lowest BCUT2D eigenvalue weighted by Gasteiger charge is -2.08. The summed E-state index contributed by atoms with van der Waals surface area (Å²) in [5.74, 6) is 0.790. The van der Waals surface area contributed by atoms with Crippen LogP contribution >= 0.6 is 0 Å². The van der Waals surface area contributed by atoms with Crippen molar-refractivity contribution >= 4 is 11.4 Å². The maximum atomic E-state index is 5.77. The molecule has 0 atom stereocenters. The molecule has 0 aliphatic rings. The van der Waals surface area contributed by atoms with Gasteiger partial charge in [-0.1, -0.05) is 0 Å². The molecule has 1 aromatic heterocycles. The van der Waals surface area contributed by atoms with E-state index < -0.39 is 0 Å². The molecule has 2 rings (SSSR count). The molecule has 0 saturated heterocycles. The first-order valence-corrected chi connectivity index (χ1v) is 5.53. The van der Waals surface area contributed by atoms with Crippen LogP contribution < -0.4 is 11.1 Å². The molecule has 17 heavy (non-hydrogen) atoms. The first-order valence-electron chi connectivity index (χ1n) is 5.53. The maximum Gasteiger partial charge on any atom is 0.125 e. The lowest BCUT2D eigenvalue weighted by atomic mass is 10.2. The van der Waals surface area contributed by atoms with Crippen LogP contribution in [0.25, 0.3) is 0 Å². The minimum Gasteiger partial charge on any atom is -0.399 e. The minimum atomic E-state index is 0.687. The molecule has 0 fully saturated rings. The zero-order chi connectivity index (χ0) is 12.3. The van der Waals surface area contributed by atoms with E-state index in [-0.39, 0.29) is 0 Å². The molecule has 0 aliphatic heterocycles. The zero-order valence-corrected chi connectivity index (χ0v) is 10.1. The van der Waals surface area contributed by atoms with Crippen LogP contribution in [0.3, 0.4) is 0 Å². The average molecular weight is 228 g/mol. The van der Waals surface area contributed by atoms with Gasteiger partial charge in [0, 0.05) is 17.6 Å². The third-order valence-corrected chi connectivity index (χ3v) is 2.58. The van der Waals surface area contributed by atoms with Crippen LogP contribution in [-0.4, -0.2) is 9.97 Å². The van der Waals surface area contributed by atoms with Crippen molar-refractivity contribution in [3.05, 3.63) is 47.5 Å². The van der Waals surface area contributed by atoms with Crippen LogP contribution in [0.1, 0.15) is 17.1 Å². The molecule has 0 unspecified atom stereocenters. The van der Waals surface area contributed by atoms with Crippen LogP contribution in [0, 0.1) is 13.8 Å². The van der Waals surface area contributed by atoms with E-state index in [0.717, 1.165) is 28.5 Å². The first kappa shape index (κ1) is 11.4. The molecule has 0 radical (unpaired) electrons. The number of aryl methyl sites for hydroxylation is 2. The van der Waals surface area contributed by atoms with Gasteiger partial charge < -0.3 is 11.1 Å². The average Bonchev–Trinajstić information content (AvgIpc) is 2.31. The van der Waals surface area contributed by atoms with Gasteiger partial charge in [-0.15, -0.1) is 0 Å². The fourth-order valence-electron chi connectivity index (χ4n) is 1.58. The summed E-state index contributed by atoms with van der Waals surface area (Å²) in [7, 11) is 0. The van der Waals surface area contributed by atoms with Crippen LogP contribution in [0.15, 0.2) is 30.5 Å². The fraction of sp³-hybridized carbons (Fsp3) is 0.231. The summed E-state index contributed by atoms with van der Waals surface area (Å²) in [6.45, 7) is 4.57. The van der Waals surface area contributed by atoms with Crippen LogP contribution in [0.5, 0.6) is 0 Å². The molecule has 4 nitrogen and oxygen atoms in total. The fourth-order valence-corrected chi connectivity index (χ4v) is 1.58. The molecule has 2 aromatic rings. The second kappa shape index (κ2) is 4.82. The summed E-state index contributed by atoms with van der Waals surface area (Å²) in [5.41, 5.74) is 9.69. The van der Waals surface area contributed by atoms with Gasteiger partial charge in [0.05, 0.1) is 12.2 Å². The SMILES string of the molecule is Cc1nccc(CNc2ccc(N)c(C)c2)n1. The first-order chi connectivity index (χ1) is 8.15. The van der Waals surface area contributed by atoms with E-state index in [1.807, 2.05) is 38.1 Å². The van der Waals surface area contributed by atoms with E-state index in [2.05, 4.69) is 15.3 Å². The van der Waals surface area contributed by atoms with Gasteiger partial charge in [-0.2, -0.15) is 0 Å². The molecular formula is C13H16N4. The van der Waals surface area contributed by atoms with Crippen molar-refractivity contribution in [1.29, 1.82) is 0 Å². The van der Waals surface area contributed by atoms with Gasteiger partial charge in [0.25, 0.3) is 0 Å². The Bertz CT molecular complexity index is 523. The van der Waals surface area contributed by atoms with E-state index in [4.69, 9.17) is 5.73 Å². The maximum absolute atomic E-state index is 5.77. The Kier molecular flexibility index (Phi) is 3.23. The second-order valence-electron chi connectivity index (χ2n) is 4.02. The van der Waals surface area contributed by atoms with Crippen molar-refractivity contribution in [2.24, 2.45) is 0 Å². The topological polar surface area (TPSA) is 63.8 Å². The van der Waals surface area contributed by atoms with E-state index in [1.165, 1.54) is 0 Å². The van der Waals surface area contributed by atoms with E-state index >= 15 is 0 Å². The van der Waals surface area contributed by atoms with Gasteiger partial charge in [-0.05, 0) is 43.7 Å². The van der Waals surface area contributed by atoms with Crippen molar-refractivity contribution in [2.45, 2.75) is 20.4 Å². The second-order valence-corrected chi connectivity index (χ2v) is 4.02. The van der Waals surface area contributed by atoms with Crippen molar-refractivity contribution < 1.29 is 0 Å². The van der Waals surface area contributed by atoms with Crippen molar-refractivity contribution in [1.82, 2.24) is 9.97 Å². The Morgan fingerprint density at radius 2 is 2.06 bits per heavy atom. The Hall–Kier alpha value is -2.10. The molecule has 1 heterocycles. The van der Waals surface area contributed by atoms with E-state index in [0.29, 0.717) is 6.54 Å². The summed E-state index contributed by atoms with van der Waals surface area (Å²) >= 11 is 0. The summed E-state index contributed by atoms with van der Waals surface area (Å²) in [4.78, 5) is 8.40. The molecule has 0 amide bonds. The normalized spacial score (nSPS) is 10.2. The van der Waals surface area contributed by atoms with Crippen LogP contribution in [-0.2, 0) is 6.54 Å². The molecule has 0 spiro atoms. The van der Waals surface area contributed by atoms with Gasteiger partial charge in [0.15, 0.2) is 0 Å². The van der Waals surface area contributed by atoms with Crippen molar-refractivity contribution in [2.75, 3.05) is 11.1 Å². The quantitative estimate of drug-likeness (QED) is 0.791. The number of anilines is 2. The number of hydrogen-bond acceptors (Lipinski definition) is 4. The van der Waals surface area contributed by atoms with Gasteiger partial charge in [-0.25, -0.2) is 9.97 Å². The number of nitrogens with zero attached hydrogens (tertiary/aromatic N) is 2. The number of nitrogen functional groups attached to an aromatic ring is 1. The van der Waals surface area contributed by atoms with Gasteiger partial charge in [0.2, 0.25) is 0 Å².